The zero-order valence-corrected chi connectivity index (χ0v) is 32.1. The highest BCUT2D eigenvalue weighted by molar-refractivity contribution is 8.00. The number of carbonyl (C=O) groups excluding carboxylic acids is 2. The molecule has 0 aliphatic rings. The second kappa shape index (κ2) is 18.2. The van der Waals surface area contributed by atoms with Gasteiger partial charge >= 0.3 is 12.1 Å². The van der Waals surface area contributed by atoms with Crippen molar-refractivity contribution in [2.75, 3.05) is 29.6 Å². The fourth-order valence-corrected chi connectivity index (χ4v) is 8.28. The number of anilines is 1. The molecule has 10 heteroatoms. The third kappa shape index (κ3) is 10.1. The first-order valence-electron chi connectivity index (χ1n) is 17.6. The molecule has 2 amide bonds. The second-order valence-corrected chi connectivity index (χ2v) is 15.9. The number of thioether (sulfide) groups is 2. The van der Waals surface area contributed by atoms with Crippen molar-refractivity contribution >= 4 is 58.0 Å². The van der Waals surface area contributed by atoms with Gasteiger partial charge in [0.05, 0.1) is 10.8 Å². The Morgan fingerprint density at radius 1 is 0.717 bits per heavy atom. The molecule has 0 radical (unpaired) electrons. The number of carboxylic acids is 1. The first kappa shape index (κ1) is 39.3. The lowest BCUT2D eigenvalue weighted by molar-refractivity contribution is -0.139. The fourth-order valence-electron chi connectivity index (χ4n) is 6.24. The van der Waals surface area contributed by atoms with Crippen LogP contribution in [0.1, 0.15) is 54.2 Å². The number of nitrogens with one attached hydrogen (secondary N) is 3. The average Bonchev–Trinajstić information content (AvgIpc) is 3.15. The van der Waals surface area contributed by atoms with Crippen LogP contribution >= 0.6 is 23.5 Å². The molecule has 0 saturated carbocycles. The Bertz CT molecular complexity index is 1870. The highest BCUT2D eigenvalue weighted by Crippen LogP contribution is 2.48. The average molecular weight is 750 g/mol. The number of aliphatic carboxylic acids is 1. The smallest absolute Gasteiger partial charge is 0.407 e. The summed E-state index contributed by atoms with van der Waals surface area (Å²) in [7, 11) is 0. The maximum atomic E-state index is 13.4. The van der Waals surface area contributed by atoms with E-state index in [2.05, 4.69) is 88.7 Å². The molecule has 5 aromatic carbocycles. The Labute approximate surface area is 320 Å². The van der Waals surface area contributed by atoms with Crippen molar-refractivity contribution in [3.63, 3.8) is 0 Å². The molecule has 0 aliphatic carbocycles. The van der Waals surface area contributed by atoms with Gasteiger partial charge < -0.3 is 25.8 Å². The van der Waals surface area contributed by atoms with Crippen molar-refractivity contribution in [1.82, 2.24) is 10.6 Å². The molecule has 0 spiro atoms. The van der Waals surface area contributed by atoms with Gasteiger partial charge in [0.15, 0.2) is 0 Å². The van der Waals surface area contributed by atoms with Crippen LogP contribution in [0.3, 0.4) is 0 Å². The molecule has 0 unspecified atom stereocenters. The van der Waals surface area contributed by atoms with Crippen LogP contribution in [0.2, 0.25) is 0 Å². The standard InChI is InChI=1S/C43H47N3O5S2/c1-42(2,3)51-41(50)45-33(29-53-43(30-16-8-5-9-17-30,31-18-10-6-11-19-31)32-20-12-7-13-21-32)28-44-37-25-15-22-34-35(37)23-14-24-36(34)39(47)46-38(40(48)49)26-27-52-4/h5-25,33,38,44H,26-29H2,1-4H3,(H,45,50)(H,46,47)(H,48,49)/t33-,38+/m1/s1. The summed E-state index contributed by atoms with van der Waals surface area (Å²) in [6.07, 6.45) is 1.71. The predicted molar refractivity (Wildman–Crippen MR) is 219 cm³/mol. The van der Waals surface area contributed by atoms with Gasteiger partial charge in [-0.2, -0.15) is 11.8 Å². The number of hydrogen-bond donors (Lipinski definition) is 4. The van der Waals surface area contributed by atoms with E-state index in [1.54, 1.807) is 23.9 Å². The monoisotopic (exact) mass is 749 g/mol. The highest BCUT2D eigenvalue weighted by atomic mass is 32.2. The Kier molecular flexibility index (Phi) is 13.5. The molecule has 4 N–H and O–H groups in total. The van der Waals surface area contributed by atoms with Crippen molar-refractivity contribution < 1.29 is 24.2 Å². The summed E-state index contributed by atoms with van der Waals surface area (Å²) in [6.45, 7) is 5.87. The molecule has 2 atom stereocenters. The Morgan fingerprint density at radius 3 is 1.79 bits per heavy atom. The van der Waals surface area contributed by atoms with Crippen molar-refractivity contribution in [2.45, 2.75) is 49.6 Å². The first-order valence-corrected chi connectivity index (χ1v) is 20.0. The number of alkyl carbamates (subject to hydrolysis) is 1. The minimum absolute atomic E-state index is 0.323. The van der Waals surface area contributed by atoms with E-state index < -0.39 is 34.4 Å². The molecule has 0 aromatic heterocycles. The molecule has 0 fully saturated rings. The van der Waals surface area contributed by atoms with Crippen LogP contribution in [0.5, 0.6) is 0 Å². The summed E-state index contributed by atoms with van der Waals surface area (Å²) in [6, 6.07) is 40.9. The van der Waals surface area contributed by atoms with Crippen LogP contribution in [0.25, 0.3) is 10.8 Å². The van der Waals surface area contributed by atoms with E-state index >= 15 is 0 Å². The van der Waals surface area contributed by atoms with Crippen LogP contribution in [0.4, 0.5) is 10.5 Å². The van der Waals surface area contributed by atoms with Gasteiger partial charge in [0.1, 0.15) is 11.6 Å². The number of fused-ring (bicyclic) bond motifs is 1. The molecular formula is C43H47N3O5S2. The van der Waals surface area contributed by atoms with E-state index in [0.29, 0.717) is 35.4 Å². The quantitative estimate of drug-likeness (QED) is 0.0740. The van der Waals surface area contributed by atoms with Crippen LogP contribution in [-0.2, 0) is 14.3 Å². The van der Waals surface area contributed by atoms with E-state index in [9.17, 15) is 19.5 Å². The van der Waals surface area contributed by atoms with Crippen molar-refractivity contribution in [3.8, 4) is 0 Å². The molecule has 5 aromatic rings. The predicted octanol–water partition coefficient (Wildman–Crippen LogP) is 8.81. The number of benzene rings is 5. The number of hydrogen-bond acceptors (Lipinski definition) is 7. The summed E-state index contributed by atoms with van der Waals surface area (Å²) in [5.74, 6) is -0.384. The van der Waals surface area contributed by atoms with Crippen LogP contribution in [0.15, 0.2) is 127 Å². The largest absolute Gasteiger partial charge is 0.480 e. The molecule has 0 heterocycles. The van der Waals surface area contributed by atoms with Crippen LogP contribution < -0.4 is 16.0 Å². The van der Waals surface area contributed by atoms with Gasteiger partial charge in [-0.15, -0.1) is 11.8 Å². The number of carboxylic acid groups (broad SMARTS) is 1. The van der Waals surface area contributed by atoms with Gasteiger partial charge in [-0.05, 0) is 73.4 Å². The third-order valence-electron chi connectivity index (χ3n) is 8.68. The lowest BCUT2D eigenvalue weighted by Crippen LogP contribution is -2.45. The Morgan fingerprint density at radius 2 is 1.26 bits per heavy atom. The second-order valence-electron chi connectivity index (χ2n) is 13.7. The molecule has 0 saturated heterocycles. The molecule has 8 nitrogen and oxygen atoms in total. The maximum Gasteiger partial charge on any atom is 0.407 e. The zero-order valence-electron chi connectivity index (χ0n) is 30.5. The molecule has 0 bridgehead atoms. The van der Waals surface area contributed by atoms with E-state index in [-0.39, 0.29) is 6.04 Å². The number of carbonyl (C=O) groups is 3. The zero-order chi connectivity index (χ0) is 37.8. The van der Waals surface area contributed by atoms with Gasteiger partial charge in [-0.3, -0.25) is 4.79 Å². The van der Waals surface area contributed by atoms with E-state index in [1.165, 1.54) is 11.8 Å². The normalized spacial score (nSPS) is 12.8. The van der Waals surface area contributed by atoms with E-state index in [1.807, 2.05) is 69.5 Å². The summed E-state index contributed by atoms with van der Waals surface area (Å²) < 4.78 is 5.12. The van der Waals surface area contributed by atoms with Gasteiger partial charge in [0.25, 0.3) is 5.91 Å². The number of rotatable bonds is 16. The SMILES string of the molecule is CSCC[C@H](NC(=O)c1cccc2c(NC[C@H](CSC(c3ccccc3)(c3ccccc3)c3ccccc3)NC(=O)OC(C)(C)C)cccc12)C(=O)O. The molecular weight excluding hydrogens is 703 g/mol. The molecule has 0 aliphatic heterocycles. The van der Waals surface area contributed by atoms with E-state index in [4.69, 9.17) is 4.74 Å². The first-order chi connectivity index (χ1) is 25.5. The van der Waals surface area contributed by atoms with E-state index in [0.717, 1.165) is 27.8 Å². The van der Waals surface area contributed by atoms with Crippen LogP contribution in [0, 0.1) is 0 Å². The molecule has 53 heavy (non-hydrogen) atoms. The Hall–Kier alpha value is -4.93. The van der Waals surface area contributed by atoms with Crippen molar-refractivity contribution in [2.24, 2.45) is 0 Å². The maximum absolute atomic E-state index is 13.4. The van der Waals surface area contributed by atoms with Gasteiger partial charge in [-0.25, -0.2) is 9.59 Å². The van der Waals surface area contributed by atoms with Crippen molar-refractivity contribution in [3.05, 3.63) is 150 Å². The van der Waals surface area contributed by atoms with Crippen LogP contribution in [-0.4, -0.2) is 65.1 Å². The van der Waals surface area contributed by atoms with Crippen molar-refractivity contribution in [1.29, 1.82) is 0 Å². The van der Waals surface area contributed by atoms with Gasteiger partial charge in [0, 0.05) is 28.9 Å². The summed E-state index contributed by atoms with van der Waals surface area (Å²) in [4.78, 5) is 38.6. The lowest BCUT2D eigenvalue weighted by Gasteiger charge is -2.37. The van der Waals surface area contributed by atoms with Gasteiger partial charge in [-0.1, -0.05) is 115 Å². The lowest BCUT2D eigenvalue weighted by atomic mass is 9.84. The minimum atomic E-state index is -1.06. The summed E-state index contributed by atoms with van der Waals surface area (Å²) in [5.41, 5.74) is 3.83. The number of amides is 2. The van der Waals surface area contributed by atoms with Gasteiger partial charge in [0.2, 0.25) is 0 Å². The fraction of sp³-hybridized carbons (Fsp3) is 0.279. The summed E-state index contributed by atoms with van der Waals surface area (Å²) >= 11 is 3.27. The minimum Gasteiger partial charge on any atom is -0.480 e. The number of ether oxygens (including phenoxy) is 1. The molecule has 276 valence electrons. The third-order valence-corrected chi connectivity index (χ3v) is 11.0. The topological polar surface area (TPSA) is 117 Å². The highest BCUT2D eigenvalue weighted by Gasteiger charge is 2.38. The molecule has 5 rings (SSSR count). The summed E-state index contributed by atoms with van der Waals surface area (Å²) in [5, 5.41) is 20.6. The Balaban J connectivity index is 1.47.